The summed E-state index contributed by atoms with van der Waals surface area (Å²) in [7, 11) is 0. The fourth-order valence-corrected chi connectivity index (χ4v) is 4.54. The van der Waals surface area contributed by atoms with Gasteiger partial charge in [0.2, 0.25) is 5.95 Å². The van der Waals surface area contributed by atoms with E-state index in [1.807, 2.05) is 47.4 Å². The topological polar surface area (TPSA) is 32.3 Å². The highest BCUT2D eigenvalue weighted by Crippen LogP contribution is 2.33. The van der Waals surface area contributed by atoms with Crippen LogP contribution in [0.15, 0.2) is 97.1 Å². The summed E-state index contributed by atoms with van der Waals surface area (Å²) in [5.74, 6) is 0.120. The molecule has 35 heavy (non-hydrogen) atoms. The molecule has 0 amide bonds. The molecule has 5 rings (SSSR count). The molecule has 0 N–H and O–H groups in total. The highest BCUT2D eigenvalue weighted by atomic mass is 19.4. The summed E-state index contributed by atoms with van der Waals surface area (Å²) in [6.45, 7) is 2.42. The van der Waals surface area contributed by atoms with Gasteiger partial charge in [-0.15, -0.1) is 0 Å². The van der Waals surface area contributed by atoms with E-state index < -0.39 is 11.9 Å². The maximum atomic E-state index is 13.7. The van der Waals surface area contributed by atoms with Gasteiger partial charge in [0, 0.05) is 31.7 Å². The first-order chi connectivity index (χ1) is 17.0. The molecule has 3 aromatic carbocycles. The van der Waals surface area contributed by atoms with E-state index in [0.717, 1.165) is 6.07 Å². The number of anilines is 1. The van der Waals surface area contributed by atoms with E-state index in [0.29, 0.717) is 31.7 Å². The van der Waals surface area contributed by atoms with Gasteiger partial charge in [-0.25, -0.2) is 9.97 Å². The van der Waals surface area contributed by atoms with Crippen LogP contribution in [0.4, 0.5) is 19.1 Å². The van der Waals surface area contributed by atoms with E-state index in [-0.39, 0.29) is 17.7 Å². The number of alkyl halides is 3. The molecule has 0 aliphatic carbocycles. The maximum absolute atomic E-state index is 13.7. The van der Waals surface area contributed by atoms with Crippen LogP contribution in [0.25, 0.3) is 11.3 Å². The predicted octanol–water partition coefficient (Wildman–Crippen LogP) is 6.07. The Bertz CT molecular complexity index is 1200. The van der Waals surface area contributed by atoms with E-state index in [1.54, 1.807) is 24.3 Å². The second kappa shape index (κ2) is 9.88. The molecular formula is C28H25F3N4. The summed E-state index contributed by atoms with van der Waals surface area (Å²) in [6.07, 6.45) is -4.55. The van der Waals surface area contributed by atoms with Crippen molar-refractivity contribution < 1.29 is 13.2 Å². The Morgan fingerprint density at radius 2 is 1.17 bits per heavy atom. The molecule has 0 atom stereocenters. The SMILES string of the molecule is FC(F)(F)c1cc(-c2ccccc2)nc(N2CCN(C(c3ccccc3)c3ccccc3)CC2)n1. The lowest BCUT2D eigenvalue weighted by molar-refractivity contribution is -0.141. The van der Waals surface area contributed by atoms with E-state index in [4.69, 9.17) is 0 Å². The first-order valence-corrected chi connectivity index (χ1v) is 11.6. The Morgan fingerprint density at radius 3 is 1.69 bits per heavy atom. The van der Waals surface area contributed by atoms with Crippen LogP contribution < -0.4 is 4.90 Å². The second-order valence-electron chi connectivity index (χ2n) is 8.55. The van der Waals surface area contributed by atoms with Gasteiger partial charge in [0.15, 0.2) is 5.69 Å². The standard InChI is InChI=1S/C28H25F3N4/c29-28(30,31)25-20-24(21-10-4-1-5-11-21)32-27(33-25)35-18-16-34(17-19-35)26(22-12-6-2-7-13-22)23-14-8-3-9-15-23/h1-15,20,26H,16-19H2. The summed E-state index contributed by atoms with van der Waals surface area (Å²) < 4.78 is 41.0. The predicted molar refractivity (Wildman–Crippen MR) is 131 cm³/mol. The number of halogens is 3. The maximum Gasteiger partial charge on any atom is 0.433 e. The van der Waals surface area contributed by atoms with E-state index in [2.05, 4.69) is 39.1 Å². The lowest BCUT2D eigenvalue weighted by atomic mass is 9.96. The Hall–Kier alpha value is -3.71. The molecule has 1 aliphatic heterocycles. The summed E-state index contributed by atoms with van der Waals surface area (Å²) in [4.78, 5) is 12.7. The molecule has 1 aromatic heterocycles. The minimum Gasteiger partial charge on any atom is -0.338 e. The van der Waals surface area contributed by atoms with Gasteiger partial charge in [-0.2, -0.15) is 13.2 Å². The van der Waals surface area contributed by atoms with Crippen LogP contribution in [0, 0.1) is 0 Å². The van der Waals surface area contributed by atoms with Crippen molar-refractivity contribution in [2.45, 2.75) is 12.2 Å². The molecule has 0 saturated carbocycles. The molecular weight excluding hydrogens is 449 g/mol. The first-order valence-electron chi connectivity index (χ1n) is 11.6. The van der Waals surface area contributed by atoms with Gasteiger partial charge in [-0.1, -0.05) is 91.0 Å². The lowest BCUT2D eigenvalue weighted by Crippen LogP contribution is -2.48. The van der Waals surface area contributed by atoms with Gasteiger partial charge in [-0.3, -0.25) is 4.90 Å². The van der Waals surface area contributed by atoms with Gasteiger partial charge in [0.05, 0.1) is 11.7 Å². The number of hydrogen-bond donors (Lipinski definition) is 0. The Kier molecular flexibility index (Phi) is 6.51. The number of rotatable bonds is 5. The largest absolute Gasteiger partial charge is 0.433 e. The summed E-state index contributed by atoms with van der Waals surface area (Å²) in [5, 5.41) is 0. The van der Waals surface area contributed by atoms with Crippen LogP contribution >= 0.6 is 0 Å². The number of nitrogens with zero attached hydrogens (tertiary/aromatic N) is 4. The highest BCUT2D eigenvalue weighted by Gasteiger charge is 2.35. The third kappa shape index (κ3) is 5.20. The van der Waals surface area contributed by atoms with Crippen molar-refractivity contribution in [1.82, 2.24) is 14.9 Å². The molecule has 178 valence electrons. The Balaban J connectivity index is 1.42. The van der Waals surface area contributed by atoms with Crippen LogP contribution in [0.5, 0.6) is 0 Å². The monoisotopic (exact) mass is 474 g/mol. The molecule has 4 nitrogen and oxygen atoms in total. The minimum absolute atomic E-state index is 0.0712. The fourth-order valence-electron chi connectivity index (χ4n) is 4.54. The molecule has 0 unspecified atom stereocenters. The second-order valence-corrected chi connectivity index (χ2v) is 8.55. The van der Waals surface area contributed by atoms with Gasteiger partial charge < -0.3 is 4.90 Å². The van der Waals surface area contributed by atoms with Crippen molar-refractivity contribution in [3.63, 3.8) is 0 Å². The highest BCUT2D eigenvalue weighted by molar-refractivity contribution is 5.61. The quantitative estimate of drug-likeness (QED) is 0.351. The zero-order chi connectivity index (χ0) is 24.3. The summed E-state index contributed by atoms with van der Waals surface area (Å²) in [5.41, 5.74) is 2.36. The van der Waals surface area contributed by atoms with Crippen LogP contribution in [0.1, 0.15) is 22.9 Å². The Labute approximate surface area is 202 Å². The fraction of sp³-hybridized carbons (Fsp3) is 0.214. The number of hydrogen-bond acceptors (Lipinski definition) is 4. The van der Waals surface area contributed by atoms with Crippen LogP contribution in [0.3, 0.4) is 0 Å². The smallest absolute Gasteiger partial charge is 0.338 e. The first kappa shape index (κ1) is 23.1. The normalized spacial score (nSPS) is 14.9. The van der Waals surface area contributed by atoms with Crippen LogP contribution in [-0.4, -0.2) is 41.0 Å². The van der Waals surface area contributed by atoms with Crippen molar-refractivity contribution in [1.29, 1.82) is 0 Å². The van der Waals surface area contributed by atoms with E-state index >= 15 is 0 Å². The molecule has 4 aromatic rings. The third-order valence-electron chi connectivity index (χ3n) is 6.27. The number of piperazine rings is 1. The molecule has 2 heterocycles. The molecule has 1 saturated heterocycles. The zero-order valence-electron chi connectivity index (χ0n) is 19.1. The van der Waals surface area contributed by atoms with E-state index in [1.165, 1.54) is 11.1 Å². The molecule has 7 heteroatoms. The van der Waals surface area contributed by atoms with Crippen molar-refractivity contribution in [3.8, 4) is 11.3 Å². The summed E-state index contributed by atoms with van der Waals surface area (Å²) in [6, 6.07) is 30.6. The number of benzene rings is 3. The average molecular weight is 475 g/mol. The van der Waals surface area contributed by atoms with E-state index in [9.17, 15) is 13.2 Å². The molecule has 0 radical (unpaired) electrons. The zero-order valence-corrected chi connectivity index (χ0v) is 19.1. The molecule has 0 spiro atoms. The van der Waals surface area contributed by atoms with Gasteiger partial charge in [0.25, 0.3) is 0 Å². The van der Waals surface area contributed by atoms with Crippen LogP contribution in [-0.2, 0) is 6.18 Å². The summed E-state index contributed by atoms with van der Waals surface area (Å²) >= 11 is 0. The lowest BCUT2D eigenvalue weighted by Gasteiger charge is -2.40. The van der Waals surface area contributed by atoms with Gasteiger partial charge in [-0.05, 0) is 17.2 Å². The minimum atomic E-state index is -4.55. The third-order valence-corrected chi connectivity index (χ3v) is 6.27. The van der Waals surface area contributed by atoms with Crippen molar-refractivity contribution in [2.24, 2.45) is 0 Å². The van der Waals surface area contributed by atoms with Crippen LogP contribution in [0.2, 0.25) is 0 Å². The molecule has 1 fully saturated rings. The van der Waals surface area contributed by atoms with Crippen molar-refractivity contribution in [3.05, 3.63) is 114 Å². The number of aromatic nitrogens is 2. The van der Waals surface area contributed by atoms with Crippen molar-refractivity contribution >= 4 is 5.95 Å². The molecule has 0 bridgehead atoms. The van der Waals surface area contributed by atoms with Gasteiger partial charge >= 0.3 is 6.18 Å². The van der Waals surface area contributed by atoms with Crippen molar-refractivity contribution in [2.75, 3.05) is 31.1 Å². The van der Waals surface area contributed by atoms with Gasteiger partial charge in [0.1, 0.15) is 0 Å². The Morgan fingerprint density at radius 1 is 0.657 bits per heavy atom. The average Bonchev–Trinajstić information content (AvgIpc) is 2.90. The molecule has 1 aliphatic rings.